The van der Waals surface area contributed by atoms with Crippen molar-refractivity contribution in [2.45, 2.75) is 0 Å². The number of nitrogen functional groups attached to an aromatic ring is 1. The van der Waals surface area contributed by atoms with Gasteiger partial charge in [0.2, 0.25) is 0 Å². The third kappa shape index (κ3) is 2.11. The zero-order valence-electron chi connectivity index (χ0n) is 10.9. The van der Waals surface area contributed by atoms with Crippen LogP contribution in [0.4, 0.5) is 11.5 Å². The molecule has 3 aromatic rings. The van der Waals surface area contributed by atoms with Crippen molar-refractivity contribution in [3.05, 3.63) is 44.3 Å². The molecule has 0 unspecified atom stereocenters. The molecule has 0 saturated heterocycles. The van der Waals surface area contributed by atoms with E-state index in [-0.39, 0.29) is 5.69 Å². The number of nitrogens with zero attached hydrogens (tertiary/aromatic N) is 4. The van der Waals surface area contributed by atoms with Gasteiger partial charge in [0.15, 0.2) is 0 Å². The lowest BCUT2D eigenvalue weighted by Crippen LogP contribution is -1.96. The van der Waals surface area contributed by atoms with Crippen LogP contribution in [-0.4, -0.2) is 19.5 Å². The van der Waals surface area contributed by atoms with E-state index in [0.29, 0.717) is 5.82 Å². The molecule has 2 aromatic heterocycles. The summed E-state index contributed by atoms with van der Waals surface area (Å²) in [5.74, 6) is 0.424. The van der Waals surface area contributed by atoms with E-state index < -0.39 is 4.92 Å². The van der Waals surface area contributed by atoms with Crippen LogP contribution in [0.25, 0.3) is 22.3 Å². The minimum atomic E-state index is -0.417. The van der Waals surface area contributed by atoms with Crippen LogP contribution in [0.2, 0.25) is 0 Å². The van der Waals surface area contributed by atoms with Crippen molar-refractivity contribution in [3.8, 4) is 11.3 Å². The number of aryl methyl sites for hydroxylation is 1. The Labute approximate surface area is 133 Å². The first-order chi connectivity index (χ1) is 10.0. The number of nitro benzene ring substituents is 1. The Kier molecular flexibility index (Phi) is 3.24. The molecule has 0 bridgehead atoms. The van der Waals surface area contributed by atoms with Crippen LogP contribution in [-0.2, 0) is 7.05 Å². The largest absolute Gasteiger partial charge is 0.383 e. The average molecular weight is 395 g/mol. The summed E-state index contributed by atoms with van der Waals surface area (Å²) in [5.41, 5.74) is 8.50. The van der Waals surface area contributed by atoms with Gasteiger partial charge >= 0.3 is 0 Å². The molecule has 2 heterocycles. The maximum Gasteiger partial charge on any atom is 0.269 e. The number of aromatic nitrogens is 3. The SMILES string of the molecule is Cn1c(-c2ccc([N+](=O)[O-])cc2)c(I)c2c(N)ncnc21. The van der Waals surface area contributed by atoms with Gasteiger partial charge in [-0.15, -0.1) is 0 Å². The fourth-order valence-electron chi connectivity index (χ4n) is 2.29. The average Bonchev–Trinajstić information content (AvgIpc) is 2.72. The maximum absolute atomic E-state index is 10.7. The van der Waals surface area contributed by atoms with E-state index in [4.69, 9.17) is 5.73 Å². The fourth-order valence-corrected chi connectivity index (χ4v) is 3.48. The number of fused-ring (bicyclic) bond motifs is 1. The lowest BCUT2D eigenvalue weighted by molar-refractivity contribution is -0.384. The molecule has 0 fully saturated rings. The van der Waals surface area contributed by atoms with E-state index in [1.807, 2.05) is 11.6 Å². The van der Waals surface area contributed by atoms with E-state index in [1.54, 1.807) is 12.1 Å². The summed E-state index contributed by atoms with van der Waals surface area (Å²) in [5, 5.41) is 11.5. The predicted octanol–water partition coefficient (Wildman–Crippen LogP) is 2.73. The number of rotatable bonds is 2. The van der Waals surface area contributed by atoms with Crippen molar-refractivity contribution in [1.29, 1.82) is 0 Å². The molecule has 0 aliphatic heterocycles. The van der Waals surface area contributed by atoms with Crippen LogP contribution in [0.15, 0.2) is 30.6 Å². The molecular formula is C13H10IN5O2. The third-order valence-electron chi connectivity index (χ3n) is 3.29. The molecule has 0 saturated carbocycles. The molecule has 21 heavy (non-hydrogen) atoms. The summed E-state index contributed by atoms with van der Waals surface area (Å²) in [6.45, 7) is 0. The molecule has 0 amide bonds. The van der Waals surface area contributed by atoms with Crippen molar-refractivity contribution < 1.29 is 4.92 Å². The zero-order valence-corrected chi connectivity index (χ0v) is 13.1. The highest BCUT2D eigenvalue weighted by molar-refractivity contribution is 14.1. The Balaban J connectivity index is 2.25. The second kappa shape index (κ2) is 4.95. The van der Waals surface area contributed by atoms with Crippen LogP contribution in [0.5, 0.6) is 0 Å². The Morgan fingerprint density at radius 2 is 1.95 bits per heavy atom. The monoisotopic (exact) mass is 395 g/mol. The van der Waals surface area contributed by atoms with E-state index >= 15 is 0 Å². The van der Waals surface area contributed by atoms with Gasteiger partial charge in [0.1, 0.15) is 17.8 Å². The van der Waals surface area contributed by atoms with Gasteiger partial charge < -0.3 is 10.3 Å². The number of benzene rings is 1. The van der Waals surface area contributed by atoms with E-state index in [9.17, 15) is 10.1 Å². The van der Waals surface area contributed by atoms with Crippen LogP contribution >= 0.6 is 22.6 Å². The first-order valence-corrected chi connectivity index (χ1v) is 7.07. The van der Waals surface area contributed by atoms with E-state index in [2.05, 4.69) is 32.6 Å². The number of anilines is 1. The van der Waals surface area contributed by atoms with Crippen molar-refractivity contribution in [2.24, 2.45) is 7.05 Å². The van der Waals surface area contributed by atoms with Gasteiger partial charge in [0, 0.05) is 19.2 Å². The fraction of sp³-hybridized carbons (Fsp3) is 0.0769. The number of non-ortho nitro benzene ring substituents is 1. The van der Waals surface area contributed by atoms with Crippen LogP contribution in [0.1, 0.15) is 0 Å². The standard InChI is InChI=1S/C13H10IN5O2/c1-18-11(7-2-4-8(5-3-7)19(20)21)10(14)9-12(15)16-6-17-13(9)18/h2-6H,1H3,(H2,15,16,17). The Morgan fingerprint density at radius 1 is 1.29 bits per heavy atom. The predicted molar refractivity (Wildman–Crippen MR) is 87.7 cm³/mol. The Hall–Kier alpha value is -2.23. The minimum Gasteiger partial charge on any atom is -0.383 e. The summed E-state index contributed by atoms with van der Waals surface area (Å²) in [4.78, 5) is 18.6. The number of hydrogen-bond acceptors (Lipinski definition) is 5. The lowest BCUT2D eigenvalue weighted by Gasteiger charge is -2.04. The van der Waals surface area contributed by atoms with Crippen molar-refractivity contribution >= 4 is 45.1 Å². The summed E-state index contributed by atoms with van der Waals surface area (Å²) in [6.07, 6.45) is 1.42. The topological polar surface area (TPSA) is 99.9 Å². The van der Waals surface area contributed by atoms with Crippen molar-refractivity contribution in [3.63, 3.8) is 0 Å². The quantitative estimate of drug-likeness (QED) is 0.409. The highest BCUT2D eigenvalue weighted by Crippen LogP contribution is 2.35. The Morgan fingerprint density at radius 3 is 2.52 bits per heavy atom. The summed E-state index contributed by atoms with van der Waals surface area (Å²) < 4.78 is 2.84. The van der Waals surface area contributed by atoms with Gasteiger partial charge in [-0.2, -0.15) is 0 Å². The number of nitro groups is 1. The normalized spacial score (nSPS) is 11.0. The molecule has 0 aliphatic rings. The summed E-state index contributed by atoms with van der Waals surface area (Å²) in [6, 6.07) is 6.41. The zero-order chi connectivity index (χ0) is 15.1. The molecule has 106 valence electrons. The number of hydrogen-bond donors (Lipinski definition) is 1. The maximum atomic E-state index is 10.7. The first kappa shape index (κ1) is 13.7. The molecule has 0 aliphatic carbocycles. The van der Waals surface area contributed by atoms with Crippen LogP contribution < -0.4 is 5.73 Å². The number of halogens is 1. The smallest absolute Gasteiger partial charge is 0.269 e. The molecule has 0 atom stereocenters. The molecular weight excluding hydrogens is 385 g/mol. The van der Waals surface area contributed by atoms with Gasteiger partial charge in [-0.05, 0) is 40.3 Å². The second-order valence-corrected chi connectivity index (χ2v) is 5.56. The summed E-state index contributed by atoms with van der Waals surface area (Å²) >= 11 is 2.20. The van der Waals surface area contributed by atoms with Crippen LogP contribution in [0.3, 0.4) is 0 Å². The molecule has 1 aromatic carbocycles. The molecule has 3 rings (SSSR count). The molecule has 2 N–H and O–H groups in total. The molecule has 0 radical (unpaired) electrons. The minimum absolute atomic E-state index is 0.0619. The molecule has 7 nitrogen and oxygen atoms in total. The van der Waals surface area contributed by atoms with Crippen LogP contribution in [0, 0.1) is 13.7 Å². The second-order valence-electron chi connectivity index (χ2n) is 4.48. The van der Waals surface area contributed by atoms with Gasteiger partial charge in [0.25, 0.3) is 5.69 Å². The molecule has 0 spiro atoms. The third-order valence-corrected chi connectivity index (χ3v) is 4.34. The number of nitrogens with two attached hydrogens (primary N) is 1. The van der Waals surface area contributed by atoms with Gasteiger partial charge in [-0.3, -0.25) is 10.1 Å². The molecule has 8 heteroatoms. The van der Waals surface area contributed by atoms with Gasteiger partial charge in [0.05, 0.1) is 19.6 Å². The summed E-state index contributed by atoms with van der Waals surface area (Å²) in [7, 11) is 1.88. The Bertz CT molecular complexity index is 857. The van der Waals surface area contributed by atoms with Crippen molar-refractivity contribution in [2.75, 3.05) is 5.73 Å². The van der Waals surface area contributed by atoms with Crippen molar-refractivity contribution in [1.82, 2.24) is 14.5 Å². The lowest BCUT2D eigenvalue weighted by atomic mass is 10.1. The van der Waals surface area contributed by atoms with Gasteiger partial charge in [-0.1, -0.05) is 0 Å². The van der Waals surface area contributed by atoms with E-state index in [0.717, 1.165) is 25.9 Å². The van der Waals surface area contributed by atoms with E-state index in [1.165, 1.54) is 18.5 Å². The highest BCUT2D eigenvalue weighted by atomic mass is 127. The highest BCUT2D eigenvalue weighted by Gasteiger charge is 2.18. The first-order valence-electron chi connectivity index (χ1n) is 6.00. The van der Waals surface area contributed by atoms with Gasteiger partial charge in [-0.25, -0.2) is 9.97 Å².